The molecule has 0 aliphatic carbocycles. The molecule has 0 saturated heterocycles. The van der Waals surface area contributed by atoms with E-state index in [2.05, 4.69) is 0 Å². The molecule has 132 valence electrons. The van der Waals surface area contributed by atoms with Gasteiger partial charge in [0.1, 0.15) is 0 Å². The third-order valence-corrected chi connectivity index (χ3v) is 3.83. The SMILES string of the molecule is COc1ccc(C(=O)C=Cc2cc(Cl)c(OC)c(OC)c2)cc1OC. The van der Waals surface area contributed by atoms with Gasteiger partial charge in [-0.15, -0.1) is 0 Å². The summed E-state index contributed by atoms with van der Waals surface area (Å²) in [4.78, 5) is 12.4. The summed E-state index contributed by atoms with van der Waals surface area (Å²) in [6.07, 6.45) is 3.12. The van der Waals surface area contributed by atoms with Gasteiger partial charge in [0.15, 0.2) is 28.8 Å². The van der Waals surface area contributed by atoms with Crippen molar-refractivity contribution in [3.05, 3.63) is 52.6 Å². The molecule has 0 radical (unpaired) electrons. The predicted molar refractivity (Wildman–Crippen MR) is 97.5 cm³/mol. The van der Waals surface area contributed by atoms with Crippen LogP contribution in [-0.4, -0.2) is 34.2 Å². The van der Waals surface area contributed by atoms with Gasteiger partial charge in [0.2, 0.25) is 0 Å². The van der Waals surface area contributed by atoms with Crippen molar-refractivity contribution in [2.75, 3.05) is 28.4 Å². The highest BCUT2D eigenvalue weighted by molar-refractivity contribution is 6.32. The number of allylic oxidation sites excluding steroid dienone is 1. The standard InChI is InChI=1S/C19H19ClO5/c1-22-16-8-6-13(11-17(16)23-2)15(21)7-5-12-9-14(20)19(25-4)18(10-12)24-3/h5-11H,1-4H3. The van der Waals surface area contributed by atoms with E-state index in [9.17, 15) is 4.79 Å². The zero-order valence-electron chi connectivity index (χ0n) is 14.5. The Morgan fingerprint density at radius 3 is 2.16 bits per heavy atom. The van der Waals surface area contributed by atoms with E-state index in [1.54, 1.807) is 43.5 Å². The summed E-state index contributed by atoms with van der Waals surface area (Å²) < 4.78 is 20.8. The van der Waals surface area contributed by atoms with E-state index >= 15 is 0 Å². The van der Waals surface area contributed by atoms with E-state index in [0.29, 0.717) is 33.6 Å². The summed E-state index contributed by atoms with van der Waals surface area (Å²) in [6, 6.07) is 8.43. The lowest BCUT2D eigenvalue weighted by Crippen LogP contribution is -1.97. The average molecular weight is 363 g/mol. The molecule has 0 fully saturated rings. The minimum Gasteiger partial charge on any atom is -0.493 e. The van der Waals surface area contributed by atoms with Crippen LogP contribution in [0, 0.1) is 0 Å². The van der Waals surface area contributed by atoms with Crippen molar-refractivity contribution in [3.63, 3.8) is 0 Å². The fraction of sp³-hybridized carbons (Fsp3) is 0.211. The fourth-order valence-corrected chi connectivity index (χ4v) is 2.59. The number of carbonyl (C=O) groups is 1. The highest BCUT2D eigenvalue weighted by Crippen LogP contribution is 2.36. The molecule has 6 heteroatoms. The van der Waals surface area contributed by atoms with Crippen LogP contribution in [-0.2, 0) is 0 Å². The maximum Gasteiger partial charge on any atom is 0.185 e. The zero-order chi connectivity index (χ0) is 18.4. The second-order valence-electron chi connectivity index (χ2n) is 5.01. The number of ketones is 1. The number of rotatable bonds is 7. The predicted octanol–water partition coefficient (Wildman–Crippen LogP) is 4.27. The lowest BCUT2D eigenvalue weighted by Gasteiger charge is -2.10. The molecular formula is C19H19ClO5. The van der Waals surface area contributed by atoms with Gasteiger partial charge in [0.05, 0.1) is 33.5 Å². The molecular weight excluding hydrogens is 344 g/mol. The molecule has 0 bridgehead atoms. The molecule has 0 N–H and O–H groups in total. The molecule has 0 heterocycles. The van der Waals surface area contributed by atoms with Crippen LogP contribution in [0.25, 0.3) is 6.08 Å². The first-order valence-electron chi connectivity index (χ1n) is 7.40. The highest BCUT2D eigenvalue weighted by Gasteiger charge is 2.11. The lowest BCUT2D eigenvalue weighted by molar-refractivity contribution is 0.104. The van der Waals surface area contributed by atoms with Gasteiger partial charge in [-0.05, 0) is 42.0 Å². The van der Waals surface area contributed by atoms with Crippen molar-refractivity contribution in [1.82, 2.24) is 0 Å². The third-order valence-electron chi connectivity index (χ3n) is 3.55. The summed E-state index contributed by atoms with van der Waals surface area (Å²) in [5.41, 5.74) is 1.21. The minimum atomic E-state index is -0.174. The molecule has 0 saturated carbocycles. The Morgan fingerprint density at radius 2 is 1.56 bits per heavy atom. The van der Waals surface area contributed by atoms with Gasteiger partial charge in [0, 0.05) is 5.56 Å². The summed E-state index contributed by atoms with van der Waals surface area (Å²) in [7, 11) is 6.10. The number of halogens is 1. The van der Waals surface area contributed by atoms with Gasteiger partial charge in [-0.2, -0.15) is 0 Å². The van der Waals surface area contributed by atoms with Gasteiger partial charge in [-0.1, -0.05) is 17.7 Å². The van der Waals surface area contributed by atoms with Crippen molar-refractivity contribution >= 4 is 23.5 Å². The molecule has 0 aromatic heterocycles. The van der Waals surface area contributed by atoms with E-state index in [1.165, 1.54) is 27.4 Å². The molecule has 0 spiro atoms. The maximum atomic E-state index is 12.4. The van der Waals surface area contributed by atoms with Gasteiger partial charge < -0.3 is 18.9 Å². The Morgan fingerprint density at radius 1 is 0.880 bits per heavy atom. The number of hydrogen-bond donors (Lipinski definition) is 0. The van der Waals surface area contributed by atoms with Crippen LogP contribution in [0.3, 0.4) is 0 Å². The number of methoxy groups -OCH3 is 4. The van der Waals surface area contributed by atoms with Crippen LogP contribution < -0.4 is 18.9 Å². The zero-order valence-corrected chi connectivity index (χ0v) is 15.2. The topological polar surface area (TPSA) is 54.0 Å². The molecule has 2 aromatic carbocycles. The molecule has 0 aliphatic heterocycles. The minimum absolute atomic E-state index is 0.174. The fourth-order valence-electron chi connectivity index (χ4n) is 2.29. The Hall–Kier alpha value is -2.66. The van der Waals surface area contributed by atoms with Gasteiger partial charge in [-0.25, -0.2) is 0 Å². The number of carbonyl (C=O) groups excluding carboxylic acids is 1. The first-order valence-corrected chi connectivity index (χ1v) is 7.77. The molecule has 0 amide bonds. The smallest absolute Gasteiger partial charge is 0.185 e. The van der Waals surface area contributed by atoms with Gasteiger partial charge >= 0.3 is 0 Å². The number of benzene rings is 2. The Labute approximate surface area is 151 Å². The van der Waals surface area contributed by atoms with Crippen molar-refractivity contribution in [2.45, 2.75) is 0 Å². The van der Waals surface area contributed by atoms with Crippen LogP contribution in [0.1, 0.15) is 15.9 Å². The van der Waals surface area contributed by atoms with E-state index in [0.717, 1.165) is 5.56 Å². The molecule has 0 unspecified atom stereocenters. The lowest BCUT2D eigenvalue weighted by atomic mass is 10.1. The second kappa shape index (κ2) is 8.44. The Bertz CT molecular complexity index is 799. The average Bonchev–Trinajstić information content (AvgIpc) is 2.64. The molecule has 0 aliphatic rings. The van der Waals surface area contributed by atoms with E-state index in [-0.39, 0.29) is 5.78 Å². The van der Waals surface area contributed by atoms with E-state index in [1.807, 2.05) is 0 Å². The quantitative estimate of drug-likeness (QED) is 0.544. The van der Waals surface area contributed by atoms with Crippen LogP contribution >= 0.6 is 11.6 Å². The Kier molecular flexibility index (Phi) is 6.31. The number of hydrogen-bond acceptors (Lipinski definition) is 5. The number of ether oxygens (including phenoxy) is 4. The maximum absolute atomic E-state index is 12.4. The van der Waals surface area contributed by atoms with Crippen LogP contribution in [0.15, 0.2) is 36.4 Å². The third kappa shape index (κ3) is 4.25. The molecule has 25 heavy (non-hydrogen) atoms. The van der Waals surface area contributed by atoms with Crippen molar-refractivity contribution in [1.29, 1.82) is 0 Å². The van der Waals surface area contributed by atoms with Crippen LogP contribution in [0.4, 0.5) is 0 Å². The molecule has 5 nitrogen and oxygen atoms in total. The molecule has 0 atom stereocenters. The van der Waals surface area contributed by atoms with Gasteiger partial charge in [-0.3, -0.25) is 4.79 Å². The monoisotopic (exact) mass is 362 g/mol. The van der Waals surface area contributed by atoms with E-state index < -0.39 is 0 Å². The summed E-state index contributed by atoms with van der Waals surface area (Å²) in [6.45, 7) is 0. The largest absolute Gasteiger partial charge is 0.493 e. The summed E-state index contributed by atoms with van der Waals surface area (Å²) >= 11 is 6.16. The summed E-state index contributed by atoms with van der Waals surface area (Å²) in [5, 5.41) is 0.403. The van der Waals surface area contributed by atoms with Crippen molar-refractivity contribution in [2.24, 2.45) is 0 Å². The Balaban J connectivity index is 2.27. The first kappa shape index (κ1) is 18.7. The van der Waals surface area contributed by atoms with Crippen LogP contribution in [0.5, 0.6) is 23.0 Å². The van der Waals surface area contributed by atoms with Crippen molar-refractivity contribution in [3.8, 4) is 23.0 Å². The first-order chi connectivity index (χ1) is 12.0. The second-order valence-corrected chi connectivity index (χ2v) is 5.41. The molecule has 2 rings (SSSR count). The molecule has 2 aromatic rings. The van der Waals surface area contributed by atoms with Crippen LogP contribution in [0.2, 0.25) is 5.02 Å². The van der Waals surface area contributed by atoms with Gasteiger partial charge in [0.25, 0.3) is 0 Å². The van der Waals surface area contributed by atoms with Crippen molar-refractivity contribution < 1.29 is 23.7 Å². The highest BCUT2D eigenvalue weighted by atomic mass is 35.5. The van der Waals surface area contributed by atoms with E-state index in [4.69, 9.17) is 30.5 Å². The summed E-state index contributed by atoms with van der Waals surface area (Å²) in [5.74, 6) is 1.83. The normalized spacial score (nSPS) is 10.6.